The van der Waals surface area contributed by atoms with E-state index in [9.17, 15) is 24.0 Å². The highest BCUT2D eigenvalue weighted by molar-refractivity contribution is 5.90. The summed E-state index contributed by atoms with van der Waals surface area (Å²) < 4.78 is 12.1. The summed E-state index contributed by atoms with van der Waals surface area (Å²) in [7, 11) is 8.53. The lowest BCUT2D eigenvalue weighted by molar-refractivity contribution is -0.148. The Balaban J connectivity index is 1.79. The number of likely N-dealkylation sites (N-methyl/N-ethyl adjacent to an activating group) is 2. The van der Waals surface area contributed by atoms with E-state index in [2.05, 4.69) is 16.0 Å². The smallest absolute Gasteiger partial charge is 0.245 e. The second kappa shape index (κ2) is 24.2. The number of hydrogen-bond acceptors (Lipinski definition) is 9. The molecular formula is C47H75N7O7. The molecule has 0 saturated carbocycles. The van der Waals surface area contributed by atoms with Crippen LogP contribution in [0.1, 0.15) is 85.3 Å². The summed E-state index contributed by atoms with van der Waals surface area (Å²) in [5.41, 5.74) is 8.23. The minimum absolute atomic E-state index is 0.00127. The number of hydrogen-bond donors (Lipinski definition) is 4. The van der Waals surface area contributed by atoms with Gasteiger partial charge in [-0.25, -0.2) is 0 Å². The van der Waals surface area contributed by atoms with Crippen molar-refractivity contribution in [2.45, 2.75) is 130 Å². The second-order valence-electron chi connectivity index (χ2n) is 17.7. The van der Waals surface area contributed by atoms with Gasteiger partial charge in [0.05, 0.1) is 42.7 Å². The molecule has 1 aliphatic rings. The zero-order valence-corrected chi connectivity index (χ0v) is 38.8. The fourth-order valence-corrected chi connectivity index (χ4v) is 8.72. The van der Waals surface area contributed by atoms with Gasteiger partial charge in [-0.2, -0.15) is 0 Å². The molecule has 0 aliphatic carbocycles. The Morgan fingerprint density at radius 2 is 1.46 bits per heavy atom. The van der Waals surface area contributed by atoms with Crippen LogP contribution in [0.3, 0.4) is 0 Å². The van der Waals surface area contributed by atoms with Gasteiger partial charge in [-0.15, -0.1) is 0 Å². The molecule has 61 heavy (non-hydrogen) atoms. The van der Waals surface area contributed by atoms with E-state index in [1.165, 1.54) is 0 Å². The Labute approximate surface area is 365 Å². The van der Waals surface area contributed by atoms with Gasteiger partial charge in [-0.3, -0.25) is 28.9 Å². The van der Waals surface area contributed by atoms with Crippen molar-refractivity contribution in [3.05, 3.63) is 65.7 Å². The van der Waals surface area contributed by atoms with Crippen LogP contribution in [0.4, 0.5) is 5.69 Å². The Morgan fingerprint density at radius 1 is 0.820 bits per heavy atom. The third-order valence-electron chi connectivity index (χ3n) is 12.3. The number of nitrogens with one attached hydrogen (secondary N) is 3. The van der Waals surface area contributed by atoms with E-state index in [0.717, 1.165) is 24.0 Å². The average molecular weight is 850 g/mol. The van der Waals surface area contributed by atoms with Crippen LogP contribution < -0.4 is 21.7 Å². The number of amides is 5. The van der Waals surface area contributed by atoms with Gasteiger partial charge in [0.25, 0.3) is 0 Å². The van der Waals surface area contributed by atoms with E-state index in [1.807, 2.05) is 103 Å². The Hall–Kier alpha value is -4.53. The number of nitrogen functional groups attached to an aromatic ring is 1. The lowest BCUT2D eigenvalue weighted by atomic mass is 9.89. The standard InChI is InChI=1S/C47H75N7O7/c1-13-31(6)42(53(10)47(59)40(29(2)3)51-46(58)41(30(4)5)52(8)9)38(60-11)27-39(55)54-25-17-20-37(54)43(61-12)32(7)44(56)50-36(26-33-18-15-14-16-19-33)45(57)49-28-34-21-23-35(48)24-22-34/h14-16,18-19,21-24,29-32,36-38,40-43H,13,17,20,25-28,48H2,1-12H3,(H,49,57)(H,50,56)(H,51,58)/t31?,32-,36?,37+,38-,40+,41+,42+,43-/m1/s1. The zero-order chi connectivity index (χ0) is 45.6. The molecule has 9 atom stereocenters. The largest absolute Gasteiger partial charge is 0.399 e. The Bertz CT molecular complexity index is 1700. The number of ether oxygens (including phenoxy) is 2. The summed E-state index contributed by atoms with van der Waals surface area (Å²) in [4.78, 5) is 75.2. The zero-order valence-electron chi connectivity index (χ0n) is 38.8. The van der Waals surface area contributed by atoms with Gasteiger partial charge in [0.15, 0.2) is 0 Å². The molecule has 5 N–H and O–H groups in total. The first-order valence-corrected chi connectivity index (χ1v) is 21.9. The maximum atomic E-state index is 14.4. The van der Waals surface area contributed by atoms with Crippen LogP contribution >= 0.6 is 0 Å². The second-order valence-corrected chi connectivity index (χ2v) is 17.7. The van der Waals surface area contributed by atoms with Crippen LogP contribution in [-0.2, 0) is 46.4 Å². The minimum Gasteiger partial charge on any atom is -0.399 e. The van der Waals surface area contributed by atoms with Crippen molar-refractivity contribution in [1.82, 2.24) is 30.7 Å². The molecule has 1 saturated heterocycles. The molecule has 5 amide bonds. The molecule has 2 unspecified atom stereocenters. The molecule has 2 aromatic carbocycles. The van der Waals surface area contributed by atoms with Gasteiger partial charge in [0.1, 0.15) is 12.1 Å². The molecule has 340 valence electrons. The Morgan fingerprint density at radius 3 is 2.00 bits per heavy atom. The molecule has 0 bridgehead atoms. The first-order valence-electron chi connectivity index (χ1n) is 21.9. The van der Waals surface area contributed by atoms with Crippen LogP contribution in [0.15, 0.2) is 54.6 Å². The maximum absolute atomic E-state index is 14.4. The van der Waals surface area contributed by atoms with Crippen molar-refractivity contribution >= 4 is 35.2 Å². The minimum atomic E-state index is -0.863. The van der Waals surface area contributed by atoms with Crippen LogP contribution in [-0.4, -0.2) is 129 Å². The van der Waals surface area contributed by atoms with Gasteiger partial charge >= 0.3 is 0 Å². The molecule has 0 aromatic heterocycles. The Kier molecular flexibility index (Phi) is 20.2. The fourth-order valence-electron chi connectivity index (χ4n) is 8.72. The third-order valence-corrected chi connectivity index (χ3v) is 12.3. The summed E-state index contributed by atoms with van der Waals surface area (Å²) >= 11 is 0. The molecule has 0 radical (unpaired) electrons. The highest BCUT2D eigenvalue weighted by atomic mass is 16.5. The molecule has 3 rings (SSSR count). The van der Waals surface area contributed by atoms with Gasteiger partial charge in [-0.05, 0) is 68.0 Å². The predicted octanol–water partition coefficient (Wildman–Crippen LogP) is 4.26. The molecule has 1 aliphatic heterocycles. The summed E-state index contributed by atoms with van der Waals surface area (Å²) in [6, 6.07) is 13.8. The summed E-state index contributed by atoms with van der Waals surface area (Å²) in [6.07, 6.45) is 1.04. The van der Waals surface area contributed by atoms with Crippen molar-refractivity contribution in [3.8, 4) is 0 Å². The summed E-state index contributed by atoms with van der Waals surface area (Å²) in [6.45, 7) is 14.4. The maximum Gasteiger partial charge on any atom is 0.245 e. The van der Waals surface area contributed by atoms with E-state index >= 15 is 0 Å². The van der Waals surface area contributed by atoms with Gasteiger partial charge in [-0.1, -0.05) is 97.4 Å². The van der Waals surface area contributed by atoms with Crippen LogP contribution in [0.5, 0.6) is 0 Å². The van der Waals surface area contributed by atoms with Crippen molar-refractivity contribution in [3.63, 3.8) is 0 Å². The molecule has 1 fully saturated rings. The van der Waals surface area contributed by atoms with Crippen molar-refractivity contribution in [1.29, 1.82) is 0 Å². The van der Waals surface area contributed by atoms with E-state index in [4.69, 9.17) is 15.2 Å². The van der Waals surface area contributed by atoms with Crippen LogP contribution in [0.2, 0.25) is 0 Å². The van der Waals surface area contributed by atoms with Crippen molar-refractivity contribution in [2.24, 2.45) is 23.7 Å². The van der Waals surface area contributed by atoms with Gasteiger partial charge < -0.3 is 41.0 Å². The summed E-state index contributed by atoms with van der Waals surface area (Å²) in [5, 5.41) is 9.00. The first-order chi connectivity index (χ1) is 28.9. The molecule has 14 nitrogen and oxygen atoms in total. The molecule has 2 aromatic rings. The van der Waals surface area contributed by atoms with Crippen LogP contribution in [0.25, 0.3) is 0 Å². The van der Waals surface area contributed by atoms with E-state index in [1.54, 1.807) is 50.1 Å². The van der Waals surface area contributed by atoms with Crippen LogP contribution in [0, 0.1) is 23.7 Å². The number of nitrogens with two attached hydrogens (primary N) is 1. The average Bonchev–Trinajstić information content (AvgIpc) is 3.71. The van der Waals surface area contributed by atoms with E-state index in [0.29, 0.717) is 18.7 Å². The first kappa shape index (κ1) is 50.8. The number of likely N-dealkylation sites (tertiary alicyclic amines) is 1. The highest BCUT2D eigenvalue weighted by Crippen LogP contribution is 2.30. The molecule has 1 heterocycles. The van der Waals surface area contributed by atoms with E-state index in [-0.39, 0.29) is 66.7 Å². The number of nitrogens with zero attached hydrogens (tertiary/aromatic N) is 3. The highest BCUT2D eigenvalue weighted by Gasteiger charge is 2.43. The monoisotopic (exact) mass is 850 g/mol. The number of methoxy groups -OCH3 is 2. The predicted molar refractivity (Wildman–Crippen MR) is 240 cm³/mol. The normalized spacial score (nSPS) is 18.1. The quantitative estimate of drug-likeness (QED) is 0.119. The van der Waals surface area contributed by atoms with Crippen molar-refractivity contribution < 1.29 is 33.4 Å². The number of carbonyl (C=O) groups is 5. The molecule has 14 heteroatoms. The van der Waals surface area contributed by atoms with Crippen molar-refractivity contribution in [2.75, 3.05) is 47.6 Å². The van der Waals surface area contributed by atoms with E-state index < -0.39 is 48.3 Å². The number of anilines is 1. The SMILES string of the molecule is CCC(C)[C@@H]([C@@H](CC(=O)N1CCC[C@H]1[C@H](OC)[C@@H](C)C(=O)NC(Cc1ccccc1)C(=O)NCc1ccc(N)cc1)OC)N(C)C(=O)[C@@H](NC(=O)[C@H](C(C)C)N(C)C)C(C)C. The number of rotatable bonds is 23. The van der Waals surface area contributed by atoms with Gasteiger partial charge in [0, 0.05) is 46.5 Å². The lowest BCUT2D eigenvalue weighted by Gasteiger charge is -2.41. The molecule has 0 spiro atoms. The third kappa shape index (κ3) is 14.0. The lowest BCUT2D eigenvalue weighted by Crippen LogP contribution is -2.59. The molecular weight excluding hydrogens is 775 g/mol. The summed E-state index contributed by atoms with van der Waals surface area (Å²) in [5.74, 6) is -2.22. The number of carbonyl (C=O) groups excluding carboxylic acids is 5. The van der Waals surface area contributed by atoms with Gasteiger partial charge in [0.2, 0.25) is 29.5 Å². The number of benzene rings is 2. The fraction of sp³-hybridized carbons (Fsp3) is 0.638. The topological polar surface area (TPSA) is 176 Å².